The van der Waals surface area contributed by atoms with E-state index < -0.39 is 19.2 Å². The maximum atomic E-state index is 6.83. The molecule has 0 N–H and O–H groups in total. The summed E-state index contributed by atoms with van der Waals surface area (Å²) in [5.74, 6) is 0. The van der Waals surface area contributed by atoms with E-state index in [4.69, 9.17) is 6.15 Å². The average molecular weight is 547 g/mol. The third kappa shape index (κ3) is 21.0. The Labute approximate surface area is 203 Å². The summed E-state index contributed by atoms with van der Waals surface area (Å²) in [7, 11) is 0. The van der Waals surface area contributed by atoms with Crippen LogP contribution < -0.4 is 0 Å². The van der Waals surface area contributed by atoms with Crippen molar-refractivity contribution in [2.24, 2.45) is 0 Å². The molecule has 0 saturated carbocycles. The zero-order chi connectivity index (χ0) is 22.9. The van der Waals surface area contributed by atoms with Crippen LogP contribution in [0.25, 0.3) is 0 Å². The normalized spacial score (nSPS) is 12.0. The Hall–Kier alpha value is 0.719. The molecule has 0 rings (SSSR count). The van der Waals surface area contributed by atoms with Gasteiger partial charge in [0.2, 0.25) is 0 Å². The Kier molecular flexibility index (Phi) is 25.9. The molecular weight excluding hydrogens is 487 g/mol. The predicted molar refractivity (Wildman–Crippen MR) is 142 cm³/mol. The van der Waals surface area contributed by atoms with Gasteiger partial charge in [-0.05, 0) is 0 Å². The van der Waals surface area contributed by atoms with Gasteiger partial charge < -0.3 is 0 Å². The van der Waals surface area contributed by atoms with Crippen molar-refractivity contribution in [2.45, 2.75) is 165 Å². The molecule has 0 heterocycles. The summed E-state index contributed by atoms with van der Waals surface area (Å²) in [4.78, 5) is 0. The molecule has 0 unspecified atom stereocenters. The average Bonchev–Trinajstić information content (AvgIpc) is 2.78. The molecule has 0 aromatic heterocycles. The van der Waals surface area contributed by atoms with Gasteiger partial charge in [0.25, 0.3) is 0 Å². The van der Waals surface area contributed by atoms with E-state index in [1.807, 2.05) is 0 Å². The Morgan fingerprint density at radius 2 is 0.645 bits per heavy atom. The van der Waals surface area contributed by atoms with E-state index in [1.54, 1.807) is 0 Å². The first-order valence-electron chi connectivity index (χ1n) is 14.5. The van der Waals surface area contributed by atoms with Crippen LogP contribution in [0.4, 0.5) is 0 Å². The number of rotatable bonds is 26. The van der Waals surface area contributed by atoms with Crippen LogP contribution in [-0.4, -0.2) is 32.4 Å². The fourth-order valence-corrected chi connectivity index (χ4v) is 14.4. The summed E-state index contributed by atoms with van der Waals surface area (Å²) in [6.07, 6.45) is 27.0. The summed E-state index contributed by atoms with van der Waals surface area (Å²) < 4.78 is 16.3. The molecular formula is C28H60O2Sn. The van der Waals surface area contributed by atoms with Crippen LogP contribution in [-0.2, 0) is 6.15 Å². The number of hydrogen-bond acceptors (Lipinski definition) is 2. The third-order valence-corrected chi connectivity index (χ3v) is 17.1. The first kappa shape index (κ1) is 31.7. The topological polar surface area (TPSA) is 18.5 Å². The molecule has 0 bridgehead atoms. The Morgan fingerprint density at radius 1 is 0.355 bits per heavy atom. The summed E-state index contributed by atoms with van der Waals surface area (Å²) in [5, 5.41) is 0. The minimum absolute atomic E-state index is 0.969. The van der Waals surface area contributed by atoms with Crippen LogP contribution in [0.2, 0.25) is 8.87 Å². The van der Waals surface area contributed by atoms with Gasteiger partial charge in [0.05, 0.1) is 0 Å². The molecule has 0 saturated heterocycles. The van der Waals surface area contributed by atoms with E-state index in [2.05, 4.69) is 27.7 Å². The molecule has 188 valence electrons. The van der Waals surface area contributed by atoms with E-state index in [0.717, 1.165) is 13.2 Å². The van der Waals surface area contributed by atoms with Gasteiger partial charge in [-0.15, -0.1) is 0 Å². The van der Waals surface area contributed by atoms with Gasteiger partial charge in [0, 0.05) is 0 Å². The van der Waals surface area contributed by atoms with Gasteiger partial charge in [-0.2, -0.15) is 0 Å². The molecule has 0 aliphatic rings. The first-order valence-corrected chi connectivity index (χ1v) is 20.9. The fraction of sp³-hybridized carbons (Fsp3) is 1.00. The van der Waals surface area contributed by atoms with Crippen molar-refractivity contribution >= 4 is 19.2 Å². The Bertz CT molecular complexity index is 303. The van der Waals surface area contributed by atoms with Gasteiger partial charge in [0.15, 0.2) is 0 Å². The van der Waals surface area contributed by atoms with E-state index >= 15 is 0 Å². The van der Waals surface area contributed by atoms with Gasteiger partial charge in [-0.3, -0.25) is 0 Å². The van der Waals surface area contributed by atoms with Crippen molar-refractivity contribution < 1.29 is 6.15 Å². The van der Waals surface area contributed by atoms with Crippen LogP contribution in [0.5, 0.6) is 0 Å². The van der Waals surface area contributed by atoms with Gasteiger partial charge in [-0.25, -0.2) is 0 Å². The molecule has 0 spiro atoms. The molecule has 0 aliphatic carbocycles. The van der Waals surface area contributed by atoms with Crippen molar-refractivity contribution in [1.29, 1.82) is 0 Å². The predicted octanol–water partition coefficient (Wildman–Crippen LogP) is 10.3. The van der Waals surface area contributed by atoms with Crippen molar-refractivity contribution in [1.82, 2.24) is 0 Å². The van der Waals surface area contributed by atoms with E-state index in [0.29, 0.717) is 0 Å². The van der Waals surface area contributed by atoms with E-state index in [-0.39, 0.29) is 0 Å². The monoisotopic (exact) mass is 548 g/mol. The second-order valence-electron chi connectivity index (χ2n) is 9.76. The molecule has 0 aromatic carbocycles. The summed E-state index contributed by atoms with van der Waals surface area (Å²) in [6, 6.07) is 0. The number of hydrogen-bond donors (Lipinski definition) is 0. The quantitative estimate of drug-likeness (QED) is 0.0792. The van der Waals surface area contributed by atoms with Crippen LogP contribution in [0.15, 0.2) is 0 Å². The van der Waals surface area contributed by atoms with Gasteiger partial charge >= 0.3 is 204 Å². The molecule has 2 nitrogen and oxygen atoms in total. The summed E-state index contributed by atoms with van der Waals surface area (Å²) >= 11 is -2.94. The Balaban J connectivity index is 4.70. The SMILES string of the molecule is CCCCCCC[CH2][Sn]([CH2]CCCCCCC)([O]CCCCCC)[O]CCCCCC. The molecule has 3 heteroatoms. The maximum absolute atomic E-state index is 6.83. The number of unbranched alkanes of at least 4 members (excludes halogenated alkanes) is 16. The Morgan fingerprint density at radius 3 is 1.00 bits per heavy atom. The van der Waals surface area contributed by atoms with Crippen LogP contribution in [0.3, 0.4) is 0 Å². The van der Waals surface area contributed by atoms with E-state index in [1.165, 1.54) is 137 Å². The van der Waals surface area contributed by atoms with Crippen molar-refractivity contribution in [3.8, 4) is 0 Å². The van der Waals surface area contributed by atoms with Crippen LogP contribution in [0, 0.1) is 0 Å². The molecule has 0 amide bonds. The van der Waals surface area contributed by atoms with Gasteiger partial charge in [-0.1, -0.05) is 0 Å². The standard InChI is InChI=1S/2C8H17.2C6H13O.Sn/c2*1-3-5-7-8-6-4-2;2*1-2-3-4-5-6-7;/h2*1,3-8H2,2H3;2*2-6H2,1H3;/q;;2*-1;+2. The zero-order valence-electron chi connectivity index (χ0n) is 22.3. The van der Waals surface area contributed by atoms with Crippen molar-refractivity contribution in [3.05, 3.63) is 0 Å². The molecule has 0 radical (unpaired) electrons. The van der Waals surface area contributed by atoms with Crippen LogP contribution in [0.1, 0.15) is 156 Å². The summed E-state index contributed by atoms with van der Waals surface area (Å²) in [6.45, 7) is 11.1. The second kappa shape index (κ2) is 25.3. The third-order valence-electron chi connectivity index (χ3n) is 6.55. The van der Waals surface area contributed by atoms with E-state index in [9.17, 15) is 0 Å². The van der Waals surface area contributed by atoms with Crippen molar-refractivity contribution in [3.63, 3.8) is 0 Å². The first-order chi connectivity index (χ1) is 15.2. The second-order valence-corrected chi connectivity index (χ2v) is 19.5. The minimum atomic E-state index is -2.94. The molecule has 0 aromatic rings. The van der Waals surface area contributed by atoms with Crippen LogP contribution >= 0.6 is 0 Å². The zero-order valence-corrected chi connectivity index (χ0v) is 25.1. The van der Waals surface area contributed by atoms with Crippen molar-refractivity contribution in [2.75, 3.05) is 13.2 Å². The molecule has 0 atom stereocenters. The molecule has 31 heavy (non-hydrogen) atoms. The summed E-state index contributed by atoms with van der Waals surface area (Å²) in [5.41, 5.74) is 0. The fourth-order valence-electron chi connectivity index (χ4n) is 4.38. The van der Waals surface area contributed by atoms with Gasteiger partial charge in [0.1, 0.15) is 0 Å². The molecule has 0 aliphatic heterocycles. The molecule has 0 fully saturated rings.